The van der Waals surface area contributed by atoms with Crippen molar-refractivity contribution < 1.29 is 42.8 Å². The zero-order valence-electron chi connectivity index (χ0n) is 18.3. The summed E-state index contributed by atoms with van der Waals surface area (Å²) >= 11 is 0. The van der Waals surface area contributed by atoms with E-state index < -0.39 is 24.0 Å². The van der Waals surface area contributed by atoms with Gasteiger partial charge in [0.2, 0.25) is 6.79 Å². The van der Waals surface area contributed by atoms with Gasteiger partial charge in [-0.15, -0.1) is 0 Å². The molecule has 0 aliphatic carbocycles. The summed E-state index contributed by atoms with van der Waals surface area (Å²) in [5.74, 6) is 0.225. The topological polar surface area (TPSA) is 107 Å². The fourth-order valence-electron chi connectivity index (χ4n) is 3.72. The molecule has 0 amide bonds. The van der Waals surface area contributed by atoms with Crippen LogP contribution in [-0.4, -0.2) is 38.4 Å². The Labute approximate surface area is 189 Å². The van der Waals surface area contributed by atoms with Gasteiger partial charge in [0.05, 0.1) is 7.11 Å². The molecule has 33 heavy (non-hydrogen) atoms. The van der Waals surface area contributed by atoms with Crippen LogP contribution < -0.4 is 18.9 Å². The van der Waals surface area contributed by atoms with Gasteiger partial charge < -0.3 is 28.4 Å². The maximum Gasteiger partial charge on any atom is 0.334 e. The Morgan fingerprint density at radius 1 is 0.970 bits per heavy atom. The minimum Gasteiger partial charge on any atom is -0.493 e. The minimum atomic E-state index is -0.843. The first-order valence-electron chi connectivity index (χ1n) is 10.2. The number of fused-ring (bicyclic) bond motifs is 1. The van der Waals surface area contributed by atoms with E-state index in [0.717, 1.165) is 0 Å². The molecule has 0 N–H and O–H groups in total. The number of hydrogen-bond donors (Lipinski definition) is 0. The zero-order chi connectivity index (χ0) is 23.5. The van der Waals surface area contributed by atoms with Gasteiger partial charge in [0, 0.05) is 37.0 Å². The first-order valence-corrected chi connectivity index (χ1v) is 10.2. The van der Waals surface area contributed by atoms with Crippen LogP contribution in [-0.2, 0) is 30.3 Å². The van der Waals surface area contributed by atoms with Crippen LogP contribution in [0.4, 0.5) is 0 Å². The van der Waals surface area contributed by atoms with E-state index in [-0.39, 0.29) is 25.6 Å². The van der Waals surface area contributed by atoms with Crippen LogP contribution in [0.1, 0.15) is 31.1 Å². The van der Waals surface area contributed by atoms with Crippen LogP contribution in [0, 0.1) is 0 Å². The summed E-state index contributed by atoms with van der Waals surface area (Å²) in [6.45, 7) is 2.67. The van der Waals surface area contributed by atoms with Crippen molar-refractivity contribution in [3.8, 4) is 23.0 Å². The van der Waals surface area contributed by atoms with Crippen LogP contribution in [0.2, 0.25) is 0 Å². The summed E-state index contributed by atoms with van der Waals surface area (Å²) < 4.78 is 32.1. The van der Waals surface area contributed by atoms with E-state index in [4.69, 9.17) is 28.4 Å². The Balaban J connectivity index is 1.71. The molecule has 2 aromatic rings. The van der Waals surface area contributed by atoms with Gasteiger partial charge >= 0.3 is 17.9 Å². The Morgan fingerprint density at radius 2 is 1.76 bits per heavy atom. The third kappa shape index (κ3) is 4.77. The molecule has 2 aliphatic heterocycles. The van der Waals surface area contributed by atoms with E-state index in [9.17, 15) is 14.4 Å². The number of carbonyl (C=O) groups excluding carboxylic acids is 3. The van der Waals surface area contributed by atoms with Crippen LogP contribution in [0.5, 0.6) is 23.0 Å². The molecule has 0 spiro atoms. The van der Waals surface area contributed by atoms with Gasteiger partial charge in [-0.3, -0.25) is 9.59 Å². The van der Waals surface area contributed by atoms with Crippen molar-refractivity contribution in [2.45, 2.75) is 26.4 Å². The maximum absolute atomic E-state index is 12.6. The Bertz CT molecular complexity index is 1150. The van der Waals surface area contributed by atoms with E-state index in [0.29, 0.717) is 39.5 Å². The lowest BCUT2D eigenvalue weighted by atomic mass is 9.94. The van der Waals surface area contributed by atoms with Crippen molar-refractivity contribution in [2.24, 2.45) is 0 Å². The third-order valence-corrected chi connectivity index (χ3v) is 5.16. The molecule has 0 fully saturated rings. The fraction of sp³-hybridized carbons (Fsp3) is 0.292. The van der Waals surface area contributed by atoms with Gasteiger partial charge in [0.25, 0.3) is 0 Å². The van der Waals surface area contributed by atoms with Crippen molar-refractivity contribution in [1.29, 1.82) is 0 Å². The molecule has 0 unspecified atom stereocenters. The third-order valence-electron chi connectivity index (χ3n) is 5.16. The number of cyclic esters (lactones) is 1. The fourth-order valence-corrected chi connectivity index (χ4v) is 3.72. The molecule has 0 saturated carbocycles. The summed E-state index contributed by atoms with van der Waals surface area (Å²) in [5.41, 5.74) is 2.19. The van der Waals surface area contributed by atoms with Gasteiger partial charge in [-0.1, -0.05) is 12.1 Å². The molecular formula is C24H22O9. The summed E-state index contributed by atoms with van der Waals surface area (Å²) in [6.07, 6.45) is -0.668. The predicted molar refractivity (Wildman–Crippen MR) is 113 cm³/mol. The smallest absolute Gasteiger partial charge is 0.334 e. The average molecular weight is 454 g/mol. The van der Waals surface area contributed by atoms with Gasteiger partial charge in [0.1, 0.15) is 6.61 Å². The minimum absolute atomic E-state index is 0.0203. The first kappa shape index (κ1) is 22.2. The number of rotatable bonds is 7. The highest BCUT2D eigenvalue weighted by Gasteiger charge is 2.34. The van der Waals surface area contributed by atoms with E-state index in [2.05, 4.69) is 0 Å². The monoisotopic (exact) mass is 454 g/mol. The summed E-state index contributed by atoms with van der Waals surface area (Å²) in [4.78, 5) is 35.9. The molecule has 2 heterocycles. The molecule has 4 rings (SSSR count). The molecule has 0 saturated heterocycles. The van der Waals surface area contributed by atoms with Crippen LogP contribution in [0.3, 0.4) is 0 Å². The van der Waals surface area contributed by atoms with Crippen molar-refractivity contribution >= 4 is 17.9 Å². The van der Waals surface area contributed by atoms with E-state index in [1.54, 1.807) is 36.4 Å². The summed E-state index contributed by atoms with van der Waals surface area (Å²) in [6, 6.07) is 10.2. The standard InChI is InChI=1S/C24H22O9/c1-13(25)32-22-9-15(4-6-19(22)28-3)8-17-18(11-29-24(17)27)23(33-14(2)26)16-5-7-20-21(10-16)31-12-30-20/h4-7,9-10,23H,8,11-12H2,1-3H3/t23-/m1/s1. The number of ether oxygens (including phenoxy) is 6. The van der Waals surface area contributed by atoms with Crippen molar-refractivity contribution in [3.63, 3.8) is 0 Å². The lowest BCUT2D eigenvalue weighted by Gasteiger charge is -2.19. The first-order chi connectivity index (χ1) is 15.9. The van der Waals surface area contributed by atoms with Crippen LogP contribution in [0.15, 0.2) is 47.5 Å². The molecule has 0 radical (unpaired) electrons. The molecule has 9 nitrogen and oxygen atoms in total. The number of carbonyl (C=O) groups is 3. The zero-order valence-corrected chi connectivity index (χ0v) is 18.3. The molecule has 9 heteroatoms. The number of hydrogen-bond acceptors (Lipinski definition) is 9. The molecule has 172 valence electrons. The average Bonchev–Trinajstić information content (AvgIpc) is 3.38. The van der Waals surface area contributed by atoms with Crippen LogP contribution in [0.25, 0.3) is 0 Å². The second-order valence-electron chi connectivity index (χ2n) is 7.44. The van der Waals surface area contributed by atoms with Crippen molar-refractivity contribution in [2.75, 3.05) is 20.5 Å². The molecule has 1 atom stereocenters. The Hall–Kier alpha value is -4.01. The highest BCUT2D eigenvalue weighted by atomic mass is 16.7. The van der Waals surface area contributed by atoms with E-state index in [1.807, 2.05) is 0 Å². The van der Waals surface area contributed by atoms with Crippen molar-refractivity contribution in [3.05, 3.63) is 58.7 Å². The summed E-state index contributed by atoms with van der Waals surface area (Å²) in [7, 11) is 1.46. The second kappa shape index (κ2) is 9.23. The maximum atomic E-state index is 12.6. The summed E-state index contributed by atoms with van der Waals surface area (Å²) in [5, 5.41) is 0. The molecule has 0 bridgehead atoms. The van der Waals surface area contributed by atoms with Gasteiger partial charge in [0.15, 0.2) is 29.1 Å². The van der Waals surface area contributed by atoms with E-state index in [1.165, 1.54) is 21.0 Å². The highest BCUT2D eigenvalue weighted by molar-refractivity contribution is 5.92. The Morgan fingerprint density at radius 3 is 2.48 bits per heavy atom. The van der Waals surface area contributed by atoms with Crippen LogP contribution >= 0.6 is 0 Å². The highest BCUT2D eigenvalue weighted by Crippen LogP contribution is 2.40. The lowest BCUT2D eigenvalue weighted by Crippen LogP contribution is -2.14. The predicted octanol–water partition coefficient (Wildman–Crippen LogP) is 3.05. The van der Waals surface area contributed by atoms with Gasteiger partial charge in [-0.2, -0.15) is 0 Å². The van der Waals surface area contributed by atoms with E-state index >= 15 is 0 Å². The van der Waals surface area contributed by atoms with Gasteiger partial charge in [-0.05, 0) is 29.8 Å². The number of methoxy groups -OCH3 is 1. The molecular weight excluding hydrogens is 432 g/mol. The van der Waals surface area contributed by atoms with Gasteiger partial charge in [-0.25, -0.2) is 4.79 Å². The largest absolute Gasteiger partial charge is 0.493 e. The SMILES string of the molecule is COc1ccc(CC2=C([C@H](OC(C)=O)c3ccc4c(c3)OCO4)COC2=O)cc1OC(C)=O. The molecule has 2 aliphatic rings. The quantitative estimate of drug-likeness (QED) is 0.461. The van der Waals surface area contributed by atoms with Crippen molar-refractivity contribution in [1.82, 2.24) is 0 Å². The normalized spacial score (nSPS) is 15.2. The number of benzene rings is 2. The second-order valence-corrected chi connectivity index (χ2v) is 7.44. The molecule has 0 aromatic heterocycles. The number of esters is 3. The Kier molecular flexibility index (Phi) is 6.21. The molecule has 2 aromatic carbocycles. The lowest BCUT2D eigenvalue weighted by molar-refractivity contribution is -0.145.